The minimum atomic E-state index is 0.466. The Balaban J connectivity index is 1.45. The highest BCUT2D eigenvalue weighted by molar-refractivity contribution is 4.98. The predicted molar refractivity (Wildman–Crippen MR) is 72.5 cm³/mol. The van der Waals surface area contributed by atoms with Crippen molar-refractivity contribution < 1.29 is 0 Å². The smallest absolute Gasteiger partial charge is 0.0945 e. The van der Waals surface area contributed by atoms with Crippen molar-refractivity contribution in [1.29, 1.82) is 0 Å². The summed E-state index contributed by atoms with van der Waals surface area (Å²) in [5.74, 6) is 0. The molecule has 1 aromatic rings. The molecule has 0 amide bonds. The molecule has 1 saturated heterocycles. The van der Waals surface area contributed by atoms with Gasteiger partial charge in [-0.15, -0.1) is 0 Å². The number of nitrogens with one attached hydrogen (secondary N) is 1. The van der Waals surface area contributed by atoms with Gasteiger partial charge in [-0.25, -0.2) is 4.98 Å². The molecule has 1 aliphatic heterocycles. The number of piperazine rings is 1. The van der Waals surface area contributed by atoms with Crippen molar-refractivity contribution in [2.75, 3.05) is 26.2 Å². The van der Waals surface area contributed by atoms with Crippen LogP contribution in [0.15, 0.2) is 18.7 Å². The molecule has 100 valence electrons. The zero-order valence-electron chi connectivity index (χ0n) is 11.1. The molecule has 0 bridgehead atoms. The lowest BCUT2D eigenvalue weighted by Crippen LogP contribution is -2.59. The molecule has 2 heterocycles. The van der Waals surface area contributed by atoms with Crippen molar-refractivity contribution in [2.45, 2.75) is 44.2 Å². The molecule has 2 fully saturated rings. The van der Waals surface area contributed by atoms with Crippen LogP contribution in [-0.2, 0) is 6.54 Å². The van der Waals surface area contributed by atoms with Gasteiger partial charge in [-0.1, -0.05) is 12.8 Å². The highest BCUT2D eigenvalue weighted by Gasteiger charge is 2.37. The molecule has 0 radical (unpaired) electrons. The molecule has 0 atom stereocenters. The third-order valence-electron chi connectivity index (χ3n) is 4.46. The van der Waals surface area contributed by atoms with E-state index in [1.54, 1.807) is 0 Å². The van der Waals surface area contributed by atoms with Gasteiger partial charge < -0.3 is 14.8 Å². The minimum Gasteiger partial charge on any atom is -0.337 e. The van der Waals surface area contributed by atoms with Crippen LogP contribution in [0.25, 0.3) is 0 Å². The molecule has 0 unspecified atom stereocenters. The molecule has 1 aromatic heterocycles. The van der Waals surface area contributed by atoms with Crippen molar-refractivity contribution in [3.05, 3.63) is 18.7 Å². The standard InChI is InChI=1S/C14H24N4/c1-2-5-14(4-1)12-17(11-7-16-14)8-3-9-18-10-6-15-13-18/h6,10,13,16H,1-5,7-9,11-12H2. The summed E-state index contributed by atoms with van der Waals surface area (Å²) in [6.07, 6.45) is 12.6. The van der Waals surface area contributed by atoms with Gasteiger partial charge in [0, 0.05) is 44.1 Å². The maximum absolute atomic E-state index is 4.08. The average Bonchev–Trinajstić information content (AvgIpc) is 3.02. The van der Waals surface area contributed by atoms with Crippen LogP contribution < -0.4 is 5.32 Å². The summed E-state index contributed by atoms with van der Waals surface area (Å²) >= 11 is 0. The Hall–Kier alpha value is -0.870. The average molecular weight is 248 g/mol. The second-order valence-corrected chi connectivity index (χ2v) is 5.84. The number of aromatic nitrogens is 2. The topological polar surface area (TPSA) is 33.1 Å². The molecular weight excluding hydrogens is 224 g/mol. The zero-order chi connectivity index (χ0) is 12.3. The summed E-state index contributed by atoms with van der Waals surface area (Å²) in [6.45, 7) is 5.96. The van der Waals surface area contributed by atoms with Crippen LogP contribution in [0, 0.1) is 0 Å². The van der Waals surface area contributed by atoms with E-state index in [1.807, 2.05) is 12.5 Å². The number of nitrogens with zero attached hydrogens (tertiary/aromatic N) is 3. The van der Waals surface area contributed by atoms with E-state index in [9.17, 15) is 0 Å². The van der Waals surface area contributed by atoms with Gasteiger partial charge in [0.05, 0.1) is 6.33 Å². The Bertz CT molecular complexity index is 354. The van der Waals surface area contributed by atoms with Gasteiger partial charge in [-0.2, -0.15) is 0 Å². The first-order chi connectivity index (χ1) is 8.86. The van der Waals surface area contributed by atoms with E-state index in [1.165, 1.54) is 58.3 Å². The number of rotatable bonds is 4. The summed E-state index contributed by atoms with van der Waals surface area (Å²) in [7, 11) is 0. The highest BCUT2D eigenvalue weighted by Crippen LogP contribution is 2.31. The summed E-state index contributed by atoms with van der Waals surface area (Å²) in [4.78, 5) is 6.74. The van der Waals surface area contributed by atoms with E-state index in [4.69, 9.17) is 0 Å². The molecule has 4 nitrogen and oxygen atoms in total. The van der Waals surface area contributed by atoms with Crippen LogP contribution in [0.4, 0.5) is 0 Å². The Labute approximate surface area is 109 Å². The van der Waals surface area contributed by atoms with Crippen molar-refractivity contribution in [3.63, 3.8) is 0 Å². The van der Waals surface area contributed by atoms with Gasteiger partial charge in [0.1, 0.15) is 0 Å². The van der Waals surface area contributed by atoms with Crippen LogP contribution in [0.5, 0.6) is 0 Å². The van der Waals surface area contributed by atoms with Crippen LogP contribution in [0.2, 0.25) is 0 Å². The second-order valence-electron chi connectivity index (χ2n) is 5.84. The fourth-order valence-electron chi connectivity index (χ4n) is 3.52. The Kier molecular flexibility index (Phi) is 3.66. The Morgan fingerprint density at radius 3 is 2.89 bits per heavy atom. The van der Waals surface area contributed by atoms with E-state index >= 15 is 0 Å². The summed E-state index contributed by atoms with van der Waals surface area (Å²) in [5, 5.41) is 3.77. The number of hydrogen-bond acceptors (Lipinski definition) is 3. The maximum atomic E-state index is 4.08. The van der Waals surface area contributed by atoms with E-state index in [-0.39, 0.29) is 0 Å². The number of imidazole rings is 1. The summed E-state index contributed by atoms with van der Waals surface area (Å²) in [6, 6.07) is 0. The molecule has 4 heteroatoms. The molecular formula is C14H24N4. The van der Waals surface area contributed by atoms with Gasteiger partial charge in [-0.3, -0.25) is 0 Å². The molecule has 1 N–H and O–H groups in total. The molecule has 1 saturated carbocycles. The summed E-state index contributed by atoms with van der Waals surface area (Å²) < 4.78 is 2.17. The summed E-state index contributed by atoms with van der Waals surface area (Å²) in [5.41, 5.74) is 0.466. The quantitative estimate of drug-likeness (QED) is 0.876. The van der Waals surface area contributed by atoms with Crippen molar-refractivity contribution in [3.8, 4) is 0 Å². The normalized spacial score (nSPS) is 23.8. The van der Waals surface area contributed by atoms with Crippen molar-refractivity contribution in [2.24, 2.45) is 0 Å². The molecule has 0 aromatic carbocycles. The van der Waals surface area contributed by atoms with Gasteiger partial charge in [0.25, 0.3) is 0 Å². The van der Waals surface area contributed by atoms with Crippen LogP contribution in [0.1, 0.15) is 32.1 Å². The molecule has 18 heavy (non-hydrogen) atoms. The van der Waals surface area contributed by atoms with Gasteiger partial charge in [0.15, 0.2) is 0 Å². The molecule has 3 rings (SSSR count). The lowest BCUT2D eigenvalue weighted by molar-refractivity contribution is 0.132. The maximum Gasteiger partial charge on any atom is 0.0945 e. The highest BCUT2D eigenvalue weighted by atomic mass is 15.2. The third-order valence-corrected chi connectivity index (χ3v) is 4.46. The van der Waals surface area contributed by atoms with E-state index in [2.05, 4.69) is 26.0 Å². The Morgan fingerprint density at radius 2 is 2.11 bits per heavy atom. The minimum absolute atomic E-state index is 0.466. The first-order valence-electron chi connectivity index (χ1n) is 7.30. The fourth-order valence-corrected chi connectivity index (χ4v) is 3.52. The van der Waals surface area contributed by atoms with Gasteiger partial charge in [-0.05, 0) is 25.8 Å². The molecule has 1 spiro atoms. The first-order valence-corrected chi connectivity index (χ1v) is 7.30. The van der Waals surface area contributed by atoms with Crippen molar-refractivity contribution in [1.82, 2.24) is 19.8 Å². The lowest BCUT2D eigenvalue weighted by Gasteiger charge is -2.41. The Morgan fingerprint density at radius 1 is 1.22 bits per heavy atom. The second kappa shape index (κ2) is 5.41. The lowest BCUT2D eigenvalue weighted by atomic mass is 9.94. The van der Waals surface area contributed by atoms with E-state index < -0.39 is 0 Å². The SMILES string of the molecule is c1cn(CCCN2CCNC3(CCCC3)C2)cn1. The van der Waals surface area contributed by atoms with Crippen LogP contribution in [-0.4, -0.2) is 46.2 Å². The van der Waals surface area contributed by atoms with Crippen LogP contribution >= 0.6 is 0 Å². The molecule has 2 aliphatic rings. The van der Waals surface area contributed by atoms with E-state index in [0.717, 1.165) is 6.54 Å². The third kappa shape index (κ3) is 2.75. The van der Waals surface area contributed by atoms with Crippen LogP contribution in [0.3, 0.4) is 0 Å². The monoisotopic (exact) mass is 248 g/mol. The van der Waals surface area contributed by atoms with E-state index in [0.29, 0.717) is 5.54 Å². The first kappa shape index (κ1) is 12.2. The number of hydrogen-bond donors (Lipinski definition) is 1. The molecule has 1 aliphatic carbocycles. The van der Waals surface area contributed by atoms with Crippen molar-refractivity contribution >= 4 is 0 Å². The fraction of sp³-hybridized carbons (Fsp3) is 0.786. The number of aryl methyl sites for hydroxylation is 1. The zero-order valence-corrected chi connectivity index (χ0v) is 11.1. The predicted octanol–water partition coefficient (Wildman–Crippen LogP) is 1.49. The largest absolute Gasteiger partial charge is 0.337 e. The van der Waals surface area contributed by atoms with Gasteiger partial charge >= 0.3 is 0 Å². The van der Waals surface area contributed by atoms with Gasteiger partial charge in [0.2, 0.25) is 0 Å².